The molecule has 1 amide bonds. The van der Waals surface area contributed by atoms with E-state index in [2.05, 4.69) is 5.32 Å². The monoisotopic (exact) mass is 222 g/mol. The summed E-state index contributed by atoms with van der Waals surface area (Å²) in [6.45, 7) is 2.00. The molecule has 14 heavy (non-hydrogen) atoms. The van der Waals surface area contributed by atoms with Gasteiger partial charge in [-0.3, -0.25) is 4.79 Å². The fourth-order valence-electron chi connectivity index (χ4n) is 0.823. The molecule has 3 N–H and O–H groups in total. The van der Waals surface area contributed by atoms with E-state index >= 15 is 0 Å². The van der Waals surface area contributed by atoms with E-state index < -0.39 is 9.84 Å². The van der Waals surface area contributed by atoms with Gasteiger partial charge >= 0.3 is 0 Å². The minimum Gasteiger partial charge on any atom is -0.355 e. The van der Waals surface area contributed by atoms with Gasteiger partial charge in [0, 0.05) is 25.3 Å². The number of rotatable bonds is 6. The molecular formula is C8H18N2O3S. The van der Waals surface area contributed by atoms with Gasteiger partial charge in [-0.25, -0.2) is 8.42 Å². The number of hydrogen-bond acceptors (Lipinski definition) is 4. The third kappa shape index (κ3) is 9.47. The predicted molar refractivity (Wildman–Crippen MR) is 55.6 cm³/mol. The molecule has 5 nitrogen and oxygen atoms in total. The zero-order chi connectivity index (χ0) is 11.2. The summed E-state index contributed by atoms with van der Waals surface area (Å²) >= 11 is 0. The second kappa shape index (κ2) is 5.98. The fraction of sp³-hybridized carbons (Fsp3) is 0.875. The summed E-state index contributed by atoms with van der Waals surface area (Å²) in [5.74, 6) is -0.164. The van der Waals surface area contributed by atoms with Gasteiger partial charge in [-0.2, -0.15) is 0 Å². The molecule has 0 aliphatic carbocycles. The van der Waals surface area contributed by atoms with Gasteiger partial charge in [-0.1, -0.05) is 0 Å². The molecular weight excluding hydrogens is 204 g/mol. The summed E-state index contributed by atoms with van der Waals surface area (Å²) in [5, 5.41) is 2.52. The zero-order valence-corrected chi connectivity index (χ0v) is 9.43. The van der Waals surface area contributed by atoms with E-state index in [0.29, 0.717) is 12.8 Å². The Kier molecular flexibility index (Phi) is 5.71. The Morgan fingerprint density at radius 3 is 2.50 bits per heavy atom. The van der Waals surface area contributed by atoms with Crippen LogP contribution in [-0.4, -0.2) is 38.9 Å². The molecule has 0 aromatic carbocycles. The van der Waals surface area contributed by atoms with Crippen molar-refractivity contribution in [3.8, 4) is 0 Å². The molecule has 0 aromatic heterocycles. The first-order valence-corrected chi connectivity index (χ1v) is 6.57. The lowest BCUT2D eigenvalue weighted by molar-refractivity contribution is -0.121. The quantitative estimate of drug-likeness (QED) is 0.620. The number of nitrogens with two attached hydrogens (primary N) is 1. The largest absolute Gasteiger partial charge is 0.355 e. The molecule has 0 radical (unpaired) electrons. The molecule has 0 aliphatic rings. The van der Waals surface area contributed by atoms with E-state index in [9.17, 15) is 13.2 Å². The van der Waals surface area contributed by atoms with Crippen molar-refractivity contribution in [2.75, 3.05) is 18.6 Å². The second-order valence-corrected chi connectivity index (χ2v) is 5.76. The highest BCUT2D eigenvalue weighted by atomic mass is 32.2. The zero-order valence-electron chi connectivity index (χ0n) is 8.62. The SMILES string of the molecule is CC(N)CCC(=O)NCCS(C)(=O)=O. The molecule has 0 rings (SSSR count). The van der Waals surface area contributed by atoms with E-state index in [1.165, 1.54) is 0 Å². The van der Waals surface area contributed by atoms with Crippen LogP contribution < -0.4 is 11.1 Å². The lowest BCUT2D eigenvalue weighted by Gasteiger charge is -2.05. The van der Waals surface area contributed by atoms with E-state index in [-0.39, 0.29) is 24.2 Å². The van der Waals surface area contributed by atoms with Crippen LogP contribution in [0.25, 0.3) is 0 Å². The standard InChI is InChI=1S/C8H18N2O3S/c1-7(9)3-4-8(11)10-5-6-14(2,12)13/h7H,3-6,9H2,1-2H3,(H,10,11). The number of sulfone groups is 1. The minimum absolute atomic E-state index is 0.00402. The summed E-state index contributed by atoms with van der Waals surface area (Å²) in [6, 6.07) is -0.00402. The molecule has 84 valence electrons. The Labute approximate surface area is 85.0 Å². The first kappa shape index (κ1) is 13.4. The van der Waals surface area contributed by atoms with Crippen molar-refractivity contribution in [1.29, 1.82) is 0 Å². The molecule has 0 bridgehead atoms. The normalized spacial score (nSPS) is 13.6. The van der Waals surface area contributed by atoms with Crippen molar-refractivity contribution in [2.24, 2.45) is 5.73 Å². The molecule has 0 heterocycles. The van der Waals surface area contributed by atoms with Crippen LogP contribution in [0.1, 0.15) is 19.8 Å². The maximum atomic E-state index is 11.1. The minimum atomic E-state index is -2.99. The number of hydrogen-bond donors (Lipinski definition) is 2. The molecule has 1 atom stereocenters. The lowest BCUT2D eigenvalue weighted by Crippen LogP contribution is -2.29. The maximum Gasteiger partial charge on any atom is 0.220 e. The lowest BCUT2D eigenvalue weighted by atomic mass is 10.2. The summed E-state index contributed by atoms with van der Waals surface area (Å²) in [4.78, 5) is 11.1. The van der Waals surface area contributed by atoms with Gasteiger partial charge in [0.15, 0.2) is 0 Å². The van der Waals surface area contributed by atoms with Gasteiger partial charge in [0.2, 0.25) is 5.91 Å². The second-order valence-electron chi connectivity index (χ2n) is 3.50. The number of amides is 1. The molecule has 1 unspecified atom stereocenters. The van der Waals surface area contributed by atoms with E-state index in [1.54, 1.807) is 0 Å². The highest BCUT2D eigenvalue weighted by Crippen LogP contribution is 1.92. The van der Waals surface area contributed by atoms with Crippen LogP contribution in [-0.2, 0) is 14.6 Å². The molecule has 0 saturated carbocycles. The van der Waals surface area contributed by atoms with Crippen molar-refractivity contribution in [3.63, 3.8) is 0 Å². The summed E-state index contributed by atoms with van der Waals surface area (Å²) in [5.41, 5.74) is 5.46. The van der Waals surface area contributed by atoms with Gasteiger partial charge in [0.05, 0.1) is 5.75 Å². The summed E-state index contributed by atoms with van der Waals surface area (Å²) in [6.07, 6.45) is 2.10. The van der Waals surface area contributed by atoms with Gasteiger partial charge < -0.3 is 11.1 Å². The Bertz CT molecular complexity index is 272. The Balaban J connectivity index is 3.55. The van der Waals surface area contributed by atoms with Crippen LogP contribution >= 0.6 is 0 Å². The molecule has 0 fully saturated rings. The topological polar surface area (TPSA) is 89.3 Å². The third-order valence-electron chi connectivity index (χ3n) is 1.62. The molecule has 6 heteroatoms. The predicted octanol–water partition coefficient (Wildman–Crippen LogP) is -0.725. The van der Waals surface area contributed by atoms with Gasteiger partial charge in [-0.05, 0) is 13.3 Å². The van der Waals surface area contributed by atoms with E-state index in [0.717, 1.165) is 6.26 Å². The Morgan fingerprint density at radius 2 is 2.07 bits per heavy atom. The summed E-state index contributed by atoms with van der Waals surface area (Å²) in [7, 11) is -2.99. The first-order valence-electron chi connectivity index (χ1n) is 4.51. The number of nitrogens with one attached hydrogen (secondary N) is 1. The van der Waals surface area contributed by atoms with Gasteiger partial charge in [0.1, 0.15) is 9.84 Å². The van der Waals surface area contributed by atoms with Crippen LogP contribution in [0.5, 0.6) is 0 Å². The average molecular weight is 222 g/mol. The Morgan fingerprint density at radius 1 is 1.50 bits per heavy atom. The van der Waals surface area contributed by atoms with Crippen molar-refractivity contribution in [1.82, 2.24) is 5.32 Å². The van der Waals surface area contributed by atoms with E-state index in [1.807, 2.05) is 6.92 Å². The summed E-state index contributed by atoms with van der Waals surface area (Å²) < 4.78 is 21.4. The first-order chi connectivity index (χ1) is 6.31. The van der Waals surface area contributed by atoms with Crippen molar-refractivity contribution in [2.45, 2.75) is 25.8 Å². The molecule has 0 spiro atoms. The van der Waals surface area contributed by atoms with Crippen LogP contribution in [0.15, 0.2) is 0 Å². The van der Waals surface area contributed by atoms with Crippen LogP contribution in [0.2, 0.25) is 0 Å². The highest BCUT2D eigenvalue weighted by molar-refractivity contribution is 7.90. The number of carbonyl (C=O) groups excluding carboxylic acids is 1. The van der Waals surface area contributed by atoms with Gasteiger partial charge in [0.25, 0.3) is 0 Å². The highest BCUT2D eigenvalue weighted by Gasteiger charge is 2.05. The van der Waals surface area contributed by atoms with Gasteiger partial charge in [-0.15, -0.1) is 0 Å². The number of carbonyl (C=O) groups is 1. The maximum absolute atomic E-state index is 11.1. The molecule has 0 aliphatic heterocycles. The van der Waals surface area contributed by atoms with Crippen molar-refractivity contribution < 1.29 is 13.2 Å². The fourth-order valence-corrected chi connectivity index (χ4v) is 1.30. The molecule has 0 aromatic rings. The van der Waals surface area contributed by atoms with E-state index in [4.69, 9.17) is 5.73 Å². The van der Waals surface area contributed by atoms with Crippen LogP contribution in [0, 0.1) is 0 Å². The van der Waals surface area contributed by atoms with Crippen LogP contribution in [0.4, 0.5) is 0 Å². The molecule has 0 saturated heterocycles. The van der Waals surface area contributed by atoms with Crippen molar-refractivity contribution >= 4 is 15.7 Å². The third-order valence-corrected chi connectivity index (χ3v) is 2.57. The van der Waals surface area contributed by atoms with Crippen LogP contribution in [0.3, 0.4) is 0 Å². The Hall–Kier alpha value is -0.620. The van der Waals surface area contributed by atoms with Crippen molar-refractivity contribution in [3.05, 3.63) is 0 Å². The smallest absolute Gasteiger partial charge is 0.220 e. The average Bonchev–Trinajstić information content (AvgIpc) is 1.98.